The van der Waals surface area contributed by atoms with Crippen molar-refractivity contribution in [3.05, 3.63) is 53.3 Å². The van der Waals surface area contributed by atoms with Gasteiger partial charge < -0.3 is 0 Å². The fraction of sp³-hybridized carbons (Fsp3) is 0.389. The predicted octanol–water partition coefficient (Wildman–Crippen LogP) is 4.60. The molecule has 2 nitrogen and oxygen atoms in total. The topological polar surface area (TPSA) is 17.8 Å². The highest BCUT2D eigenvalue weighted by Gasteiger charge is 2.30. The molecule has 1 aromatic heterocycles. The monoisotopic (exact) mass is 266 g/mol. The van der Waals surface area contributed by atoms with Gasteiger partial charge in [-0.1, -0.05) is 49.8 Å². The van der Waals surface area contributed by atoms with E-state index in [0.29, 0.717) is 12.0 Å². The van der Waals surface area contributed by atoms with Crippen molar-refractivity contribution in [1.29, 1.82) is 0 Å². The number of hydrogen-bond donors (Lipinski definition) is 0. The van der Waals surface area contributed by atoms with Gasteiger partial charge in [0.25, 0.3) is 0 Å². The van der Waals surface area contributed by atoms with Gasteiger partial charge in [0.2, 0.25) is 0 Å². The Morgan fingerprint density at radius 1 is 1.20 bits per heavy atom. The maximum absolute atomic E-state index is 4.63. The van der Waals surface area contributed by atoms with Crippen LogP contribution in [0.25, 0.3) is 10.9 Å². The van der Waals surface area contributed by atoms with Crippen molar-refractivity contribution in [2.45, 2.75) is 40.2 Å². The summed E-state index contributed by atoms with van der Waals surface area (Å²) in [5.41, 5.74) is 5.47. The summed E-state index contributed by atoms with van der Waals surface area (Å²) in [5.74, 6) is 0.563. The van der Waals surface area contributed by atoms with Crippen molar-refractivity contribution in [3.63, 3.8) is 0 Å². The Morgan fingerprint density at radius 2 is 2.00 bits per heavy atom. The number of benzene rings is 1. The number of aryl methyl sites for hydroxylation is 1. The molecule has 0 saturated carbocycles. The third-order valence-corrected chi connectivity index (χ3v) is 4.27. The summed E-state index contributed by atoms with van der Waals surface area (Å²) >= 11 is 0. The Kier molecular flexibility index (Phi) is 3.25. The van der Waals surface area contributed by atoms with E-state index in [1.807, 2.05) is 20.0 Å². The zero-order valence-electron chi connectivity index (χ0n) is 12.7. The van der Waals surface area contributed by atoms with Crippen LogP contribution in [0.1, 0.15) is 37.9 Å². The maximum atomic E-state index is 4.63. The molecule has 20 heavy (non-hydrogen) atoms. The molecule has 0 bridgehead atoms. The fourth-order valence-electron chi connectivity index (χ4n) is 3.34. The van der Waals surface area contributed by atoms with Crippen LogP contribution >= 0.6 is 0 Å². The summed E-state index contributed by atoms with van der Waals surface area (Å²) in [6.45, 7) is 8.34. The molecule has 0 radical (unpaired) electrons. The van der Waals surface area contributed by atoms with E-state index in [-0.39, 0.29) is 0 Å². The average molecular weight is 266 g/mol. The molecule has 2 unspecified atom stereocenters. The molecule has 1 aliphatic carbocycles. The first kappa shape index (κ1) is 13.2. The number of rotatable bonds is 0. The lowest BCUT2D eigenvalue weighted by atomic mass is 9.83. The molecular weight excluding hydrogens is 244 g/mol. The van der Waals surface area contributed by atoms with Crippen LogP contribution in [0.3, 0.4) is 0 Å². The lowest BCUT2D eigenvalue weighted by molar-refractivity contribution is 0.408. The first-order valence-corrected chi connectivity index (χ1v) is 7.56. The molecule has 0 fully saturated rings. The number of aromatic nitrogens is 2. The molecule has 4 rings (SSSR count). The van der Waals surface area contributed by atoms with Gasteiger partial charge in [-0.25, -0.2) is 0 Å². The minimum Gasteiger partial charge on any atom is -0.257 e. The molecule has 2 heterocycles. The second kappa shape index (κ2) is 4.93. The number of fused-ring (bicyclic) bond motifs is 2. The van der Waals surface area contributed by atoms with Gasteiger partial charge in [-0.2, -0.15) is 5.10 Å². The highest BCUT2D eigenvalue weighted by atomic mass is 15.3. The van der Waals surface area contributed by atoms with Crippen LogP contribution in [0.5, 0.6) is 0 Å². The lowest BCUT2D eigenvalue weighted by Gasteiger charge is -2.31. The van der Waals surface area contributed by atoms with E-state index in [4.69, 9.17) is 0 Å². The number of nitrogens with zero attached hydrogens (tertiary/aromatic N) is 2. The Hall–Kier alpha value is -1.83. The molecule has 104 valence electrons. The molecule has 1 aliphatic heterocycles. The van der Waals surface area contributed by atoms with Crippen LogP contribution in [-0.2, 0) is 6.42 Å². The van der Waals surface area contributed by atoms with Crippen LogP contribution < -0.4 is 0 Å². The van der Waals surface area contributed by atoms with E-state index in [1.165, 1.54) is 27.6 Å². The van der Waals surface area contributed by atoms with Crippen molar-refractivity contribution in [1.82, 2.24) is 9.78 Å². The first-order chi connectivity index (χ1) is 9.74. The van der Waals surface area contributed by atoms with Gasteiger partial charge in [0.15, 0.2) is 0 Å². The molecule has 0 amide bonds. The van der Waals surface area contributed by atoms with Gasteiger partial charge in [-0.15, -0.1) is 0 Å². The highest BCUT2D eigenvalue weighted by Crippen LogP contribution is 2.39. The Labute approximate surface area is 120 Å². The van der Waals surface area contributed by atoms with E-state index < -0.39 is 0 Å². The average Bonchev–Trinajstić information content (AvgIpc) is 2.91. The zero-order chi connectivity index (χ0) is 14.3. The third kappa shape index (κ3) is 1.82. The Bertz CT molecular complexity index is 704. The SMILES string of the molecule is CC.CC1=CC2Cc3ccc(C)c4cnn(c34)C2C=C1. The minimum absolute atomic E-state index is 0.403. The van der Waals surface area contributed by atoms with Gasteiger partial charge >= 0.3 is 0 Å². The van der Waals surface area contributed by atoms with Gasteiger partial charge in [0, 0.05) is 11.3 Å². The molecule has 0 spiro atoms. The molecule has 2 atom stereocenters. The largest absolute Gasteiger partial charge is 0.257 e. The fourth-order valence-corrected chi connectivity index (χ4v) is 3.34. The van der Waals surface area contributed by atoms with Crippen molar-refractivity contribution in [2.24, 2.45) is 5.92 Å². The van der Waals surface area contributed by atoms with Crippen molar-refractivity contribution in [2.75, 3.05) is 0 Å². The molecule has 2 aromatic rings. The summed E-state index contributed by atoms with van der Waals surface area (Å²) < 4.78 is 2.21. The van der Waals surface area contributed by atoms with Gasteiger partial charge in [-0.05, 0) is 31.4 Å². The standard InChI is InChI=1S/C16H16N2.C2H6/c1-10-3-6-15-13(7-10)8-12-5-4-11(2)14-9-17-18(15)16(12)14;1-2/h3-7,9,13,15H,8H2,1-2H3;1-2H3. The molecule has 0 saturated heterocycles. The van der Waals surface area contributed by atoms with E-state index in [9.17, 15) is 0 Å². The molecule has 0 N–H and O–H groups in total. The summed E-state index contributed by atoms with van der Waals surface area (Å²) in [6.07, 6.45) is 10.1. The summed E-state index contributed by atoms with van der Waals surface area (Å²) in [5, 5.41) is 5.94. The van der Waals surface area contributed by atoms with Gasteiger partial charge in [0.05, 0.1) is 17.8 Å². The molecule has 2 heteroatoms. The minimum atomic E-state index is 0.403. The van der Waals surface area contributed by atoms with E-state index >= 15 is 0 Å². The Morgan fingerprint density at radius 3 is 2.80 bits per heavy atom. The quantitative estimate of drug-likeness (QED) is 0.681. The maximum Gasteiger partial charge on any atom is 0.0775 e. The summed E-state index contributed by atoms with van der Waals surface area (Å²) in [4.78, 5) is 0. The molecule has 1 aromatic carbocycles. The predicted molar refractivity (Wildman–Crippen MR) is 84.9 cm³/mol. The van der Waals surface area contributed by atoms with Crippen molar-refractivity contribution < 1.29 is 0 Å². The summed E-state index contributed by atoms with van der Waals surface area (Å²) in [7, 11) is 0. The Balaban J connectivity index is 0.000000581. The zero-order valence-corrected chi connectivity index (χ0v) is 12.7. The second-order valence-electron chi connectivity index (χ2n) is 5.52. The van der Waals surface area contributed by atoms with Crippen LogP contribution in [0.2, 0.25) is 0 Å². The van der Waals surface area contributed by atoms with Gasteiger partial charge in [-0.3, -0.25) is 4.68 Å². The first-order valence-electron chi connectivity index (χ1n) is 7.56. The van der Waals surface area contributed by atoms with Gasteiger partial charge in [0.1, 0.15) is 0 Å². The smallest absolute Gasteiger partial charge is 0.0775 e. The number of hydrogen-bond acceptors (Lipinski definition) is 1. The molecule has 2 aliphatic rings. The van der Waals surface area contributed by atoms with Crippen LogP contribution in [-0.4, -0.2) is 9.78 Å². The summed E-state index contributed by atoms with van der Waals surface area (Å²) in [6, 6.07) is 4.90. The number of allylic oxidation sites excluding steroid dienone is 4. The second-order valence-corrected chi connectivity index (χ2v) is 5.52. The van der Waals surface area contributed by atoms with Crippen LogP contribution in [0.15, 0.2) is 42.1 Å². The van der Waals surface area contributed by atoms with Crippen molar-refractivity contribution >= 4 is 10.9 Å². The van der Waals surface area contributed by atoms with E-state index in [0.717, 1.165) is 6.42 Å². The van der Waals surface area contributed by atoms with E-state index in [1.54, 1.807) is 0 Å². The van der Waals surface area contributed by atoms with Crippen LogP contribution in [0, 0.1) is 12.8 Å². The third-order valence-electron chi connectivity index (χ3n) is 4.27. The van der Waals surface area contributed by atoms with Crippen molar-refractivity contribution in [3.8, 4) is 0 Å². The normalized spacial score (nSPS) is 22.9. The van der Waals surface area contributed by atoms with Crippen LogP contribution in [0.4, 0.5) is 0 Å². The molecular formula is C18H22N2. The van der Waals surface area contributed by atoms with E-state index in [2.05, 4.69) is 54.0 Å². The highest BCUT2D eigenvalue weighted by molar-refractivity contribution is 5.86. The lowest BCUT2D eigenvalue weighted by Crippen LogP contribution is -2.25.